The lowest BCUT2D eigenvalue weighted by atomic mass is 10.1. The van der Waals surface area contributed by atoms with Crippen LogP contribution in [0.3, 0.4) is 0 Å². The van der Waals surface area contributed by atoms with Crippen molar-refractivity contribution in [1.82, 2.24) is 9.78 Å². The summed E-state index contributed by atoms with van der Waals surface area (Å²) in [4.78, 5) is 37.9. The maximum absolute atomic E-state index is 12.5. The molecule has 176 valence electrons. The van der Waals surface area contributed by atoms with Gasteiger partial charge in [-0.1, -0.05) is 18.2 Å². The molecule has 1 aliphatic heterocycles. The van der Waals surface area contributed by atoms with Crippen LogP contribution in [0.15, 0.2) is 48.5 Å². The van der Waals surface area contributed by atoms with Crippen LogP contribution in [0.4, 0.5) is 17.1 Å². The van der Waals surface area contributed by atoms with Gasteiger partial charge in [-0.25, -0.2) is 9.48 Å². The first-order chi connectivity index (χ1) is 16.3. The molecule has 1 aliphatic rings. The van der Waals surface area contributed by atoms with E-state index in [9.17, 15) is 19.7 Å². The lowest BCUT2D eigenvalue weighted by Crippen LogP contribution is -2.22. The maximum atomic E-state index is 12.5. The van der Waals surface area contributed by atoms with Crippen molar-refractivity contribution >= 4 is 28.9 Å². The van der Waals surface area contributed by atoms with Crippen LogP contribution >= 0.6 is 0 Å². The van der Waals surface area contributed by atoms with Crippen molar-refractivity contribution in [2.75, 3.05) is 29.9 Å². The van der Waals surface area contributed by atoms with Gasteiger partial charge in [-0.15, -0.1) is 0 Å². The number of nitro benzene ring substituents is 1. The molecule has 1 amide bonds. The van der Waals surface area contributed by atoms with Gasteiger partial charge in [-0.05, 0) is 51.0 Å². The molecular weight excluding hydrogens is 438 g/mol. The van der Waals surface area contributed by atoms with Crippen LogP contribution < -0.4 is 10.2 Å². The molecule has 0 spiro atoms. The number of hydrogen-bond donors (Lipinski definition) is 1. The summed E-state index contributed by atoms with van der Waals surface area (Å²) < 4.78 is 6.84. The van der Waals surface area contributed by atoms with E-state index in [1.165, 1.54) is 12.1 Å². The Hall–Kier alpha value is -4.21. The molecule has 0 bridgehead atoms. The molecule has 1 N–H and O–H groups in total. The Kier molecular flexibility index (Phi) is 6.58. The molecule has 10 nitrogen and oxygen atoms in total. The monoisotopic (exact) mass is 463 g/mol. The Morgan fingerprint density at radius 1 is 1.12 bits per heavy atom. The topological polar surface area (TPSA) is 120 Å². The van der Waals surface area contributed by atoms with Gasteiger partial charge in [-0.3, -0.25) is 14.9 Å². The normalized spacial score (nSPS) is 13.1. The van der Waals surface area contributed by atoms with Gasteiger partial charge in [0.15, 0.2) is 6.61 Å². The summed E-state index contributed by atoms with van der Waals surface area (Å²) in [6, 6.07) is 13.7. The number of anilines is 2. The van der Waals surface area contributed by atoms with Gasteiger partial charge in [0.1, 0.15) is 5.69 Å². The highest BCUT2D eigenvalue weighted by atomic mass is 16.6. The van der Waals surface area contributed by atoms with E-state index < -0.39 is 23.4 Å². The van der Waals surface area contributed by atoms with E-state index in [1.807, 2.05) is 42.2 Å². The molecular formula is C24H25N5O5. The van der Waals surface area contributed by atoms with Gasteiger partial charge in [0.05, 0.1) is 33.2 Å². The highest BCUT2D eigenvalue weighted by molar-refractivity contribution is 5.96. The Morgan fingerprint density at radius 3 is 2.50 bits per heavy atom. The number of benzene rings is 2. The molecule has 10 heteroatoms. The number of aromatic nitrogens is 2. The Labute approximate surface area is 196 Å². The summed E-state index contributed by atoms with van der Waals surface area (Å²) in [6.45, 7) is 4.55. The zero-order valence-corrected chi connectivity index (χ0v) is 19.0. The first-order valence-corrected chi connectivity index (χ1v) is 11.0. The predicted molar refractivity (Wildman–Crippen MR) is 126 cm³/mol. The fourth-order valence-corrected chi connectivity index (χ4v) is 4.06. The molecule has 0 radical (unpaired) electrons. The first-order valence-electron chi connectivity index (χ1n) is 11.0. The van der Waals surface area contributed by atoms with Crippen molar-refractivity contribution in [2.24, 2.45) is 0 Å². The van der Waals surface area contributed by atoms with E-state index in [-0.39, 0.29) is 11.3 Å². The number of aryl methyl sites for hydroxylation is 1. The summed E-state index contributed by atoms with van der Waals surface area (Å²) in [6.07, 6.45) is 1.94. The molecule has 1 aromatic heterocycles. The number of esters is 1. The summed E-state index contributed by atoms with van der Waals surface area (Å²) in [7, 11) is 0. The molecule has 0 aliphatic carbocycles. The molecule has 1 fully saturated rings. The van der Waals surface area contributed by atoms with Crippen molar-refractivity contribution < 1.29 is 19.2 Å². The third-order valence-electron chi connectivity index (χ3n) is 5.75. The molecule has 2 heterocycles. The van der Waals surface area contributed by atoms with Crippen LogP contribution in [0.5, 0.6) is 0 Å². The van der Waals surface area contributed by atoms with Crippen molar-refractivity contribution in [1.29, 1.82) is 0 Å². The van der Waals surface area contributed by atoms with Gasteiger partial charge in [0.2, 0.25) is 0 Å². The largest absolute Gasteiger partial charge is 0.452 e. The molecule has 1 saturated heterocycles. The first kappa shape index (κ1) is 23.0. The lowest BCUT2D eigenvalue weighted by molar-refractivity contribution is -0.384. The number of nitrogens with zero attached hydrogens (tertiary/aromatic N) is 4. The van der Waals surface area contributed by atoms with E-state index >= 15 is 0 Å². The minimum absolute atomic E-state index is 0.0201. The minimum Gasteiger partial charge on any atom is -0.452 e. The van der Waals surface area contributed by atoms with Crippen LogP contribution in [0, 0.1) is 24.0 Å². The van der Waals surface area contributed by atoms with E-state index in [1.54, 1.807) is 17.7 Å². The summed E-state index contributed by atoms with van der Waals surface area (Å²) in [5.41, 5.74) is 3.10. The number of carbonyl (C=O) groups excluding carboxylic acids is 2. The summed E-state index contributed by atoms with van der Waals surface area (Å²) in [5, 5.41) is 18.8. The average Bonchev–Trinajstić information content (AvgIpc) is 3.47. The molecule has 0 unspecified atom stereocenters. The second-order valence-electron chi connectivity index (χ2n) is 8.07. The third-order valence-corrected chi connectivity index (χ3v) is 5.75. The van der Waals surface area contributed by atoms with Gasteiger partial charge < -0.3 is 15.0 Å². The van der Waals surface area contributed by atoms with Crippen LogP contribution in [-0.2, 0) is 9.53 Å². The zero-order chi connectivity index (χ0) is 24.2. The Morgan fingerprint density at radius 2 is 1.82 bits per heavy atom. The quantitative estimate of drug-likeness (QED) is 0.322. The molecule has 34 heavy (non-hydrogen) atoms. The maximum Gasteiger partial charge on any atom is 0.338 e. The lowest BCUT2D eigenvalue weighted by Gasteiger charge is -2.17. The number of rotatable bonds is 7. The standard InChI is InChI=1S/C24H25N5O5/c1-16-23(17(2)28(26-16)19-8-4-3-5-9-19)25-22(30)15-34-24(31)18-10-11-20(21(14-18)29(32)33)27-12-6-7-13-27/h3-5,8-11,14H,6-7,12-13,15H2,1-2H3,(H,25,30). The number of nitro groups is 1. The summed E-state index contributed by atoms with van der Waals surface area (Å²) in [5.74, 6) is -1.34. The highest BCUT2D eigenvalue weighted by Crippen LogP contribution is 2.32. The van der Waals surface area contributed by atoms with Crippen LogP contribution in [-0.4, -0.2) is 46.3 Å². The van der Waals surface area contributed by atoms with Crippen LogP contribution in [0.1, 0.15) is 34.6 Å². The molecule has 4 rings (SSSR count). The molecule has 0 saturated carbocycles. The van der Waals surface area contributed by atoms with Gasteiger partial charge >= 0.3 is 5.97 Å². The van der Waals surface area contributed by atoms with Crippen molar-refractivity contribution in [2.45, 2.75) is 26.7 Å². The van der Waals surface area contributed by atoms with Crippen molar-refractivity contribution in [3.63, 3.8) is 0 Å². The second kappa shape index (κ2) is 9.74. The van der Waals surface area contributed by atoms with Gasteiger partial charge in [0.25, 0.3) is 11.6 Å². The fourth-order valence-electron chi connectivity index (χ4n) is 4.06. The molecule has 3 aromatic rings. The van der Waals surface area contributed by atoms with E-state index in [0.29, 0.717) is 17.1 Å². The highest BCUT2D eigenvalue weighted by Gasteiger charge is 2.24. The third kappa shape index (κ3) is 4.75. The Balaban J connectivity index is 1.42. The number of hydrogen-bond acceptors (Lipinski definition) is 7. The second-order valence-corrected chi connectivity index (χ2v) is 8.07. The smallest absolute Gasteiger partial charge is 0.338 e. The van der Waals surface area contributed by atoms with E-state index in [0.717, 1.165) is 37.3 Å². The number of carbonyl (C=O) groups is 2. The fraction of sp³-hybridized carbons (Fsp3) is 0.292. The average molecular weight is 463 g/mol. The van der Waals surface area contributed by atoms with E-state index in [2.05, 4.69) is 10.4 Å². The van der Waals surface area contributed by atoms with E-state index in [4.69, 9.17) is 4.74 Å². The van der Waals surface area contributed by atoms with Gasteiger partial charge in [0, 0.05) is 19.2 Å². The van der Waals surface area contributed by atoms with Crippen molar-refractivity contribution in [3.8, 4) is 5.69 Å². The number of para-hydroxylation sites is 1. The number of nitrogens with one attached hydrogen (secondary N) is 1. The summed E-state index contributed by atoms with van der Waals surface area (Å²) >= 11 is 0. The SMILES string of the molecule is Cc1nn(-c2ccccc2)c(C)c1NC(=O)COC(=O)c1ccc(N2CCCC2)c([N+](=O)[O-])c1. The zero-order valence-electron chi connectivity index (χ0n) is 19.0. The predicted octanol–water partition coefficient (Wildman–Crippen LogP) is 3.79. The van der Waals surface area contributed by atoms with Crippen LogP contribution in [0.2, 0.25) is 0 Å². The number of amides is 1. The van der Waals surface area contributed by atoms with Crippen molar-refractivity contribution in [3.05, 3.63) is 75.6 Å². The van der Waals surface area contributed by atoms with Gasteiger partial charge in [-0.2, -0.15) is 5.10 Å². The molecule has 2 aromatic carbocycles. The minimum atomic E-state index is -0.806. The number of ether oxygens (including phenoxy) is 1. The molecule has 0 atom stereocenters. The van der Waals surface area contributed by atoms with Crippen LogP contribution in [0.25, 0.3) is 5.69 Å². The Bertz CT molecular complexity index is 1230.